The number of piperidine rings is 1. The fourth-order valence-corrected chi connectivity index (χ4v) is 4.74. The number of alkyl halides is 3. The topological polar surface area (TPSA) is 78.9 Å². The maximum atomic E-state index is 12.7. The number of nitrogens with zero attached hydrogens (tertiary/aromatic N) is 1. The number of morpholine rings is 1. The van der Waals surface area contributed by atoms with E-state index in [2.05, 4.69) is 29.6 Å². The minimum atomic E-state index is -5.08. The van der Waals surface area contributed by atoms with E-state index in [-0.39, 0.29) is 0 Å². The highest BCUT2D eigenvalue weighted by molar-refractivity contribution is 5.77. The predicted octanol–water partition coefficient (Wildman–Crippen LogP) is 2.68. The highest BCUT2D eigenvalue weighted by Crippen LogP contribution is 2.51. The van der Waals surface area contributed by atoms with E-state index in [0.717, 1.165) is 32.6 Å². The Morgan fingerprint density at radius 1 is 1.17 bits per heavy atom. The van der Waals surface area contributed by atoms with E-state index in [1.807, 2.05) is 4.90 Å². The largest absolute Gasteiger partial charge is 0.490 e. The van der Waals surface area contributed by atoms with Crippen molar-refractivity contribution >= 4 is 11.9 Å². The minimum absolute atomic E-state index is 0.303. The van der Waals surface area contributed by atoms with Gasteiger partial charge in [-0.2, -0.15) is 13.2 Å². The third kappa shape index (κ3) is 5.13. The number of amides is 1. The Morgan fingerprint density at radius 2 is 1.77 bits per heavy atom. The third-order valence-corrected chi connectivity index (χ3v) is 6.20. The fraction of sp³-hybridized carbons (Fsp3) is 0.619. The summed E-state index contributed by atoms with van der Waals surface area (Å²) in [5.74, 6) is -2.06. The lowest BCUT2D eigenvalue weighted by Gasteiger charge is -2.35. The molecule has 2 saturated heterocycles. The lowest BCUT2D eigenvalue weighted by atomic mass is 9.73. The van der Waals surface area contributed by atoms with E-state index >= 15 is 0 Å². The number of benzene rings is 1. The molecule has 0 saturated carbocycles. The molecule has 6 nitrogen and oxygen atoms in total. The second kappa shape index (κ2) is 9.34. The molecule has 1 amide bonds. The van der Waals surface area contributed by atoms with Gasteiger partial charge in [0.1, 0.15) is 0 Å². The number of hydrogen-bond donors (Lipinski definition) is 2. The van der Waals surface area contributed by atoms with Crippen LogP contribution in [0.4, 0.5) is 13.2 Å². The van der Waals surface area contributed by atoms with E-state index in [0.29, 0.717) is 36.9 Å². The molecule has 1 spiro atoms. The van der Waals surface area contributed by atoms with E-state index in [1.165, 1.54) is 24.0 Å². The average Bonchev–Trinajstić information content (AvgIpc) is 3.02. The van der Waals surface area contributed by atoms with Crippen molar-refractivity contribution in [2.75, 3.05) is 39.4 Å². The summed E-state index contributed by atoms with van der Waals surface area (Å²) in [7, 11) is 0. The second-order valence-corrected chi connectivity index (χ2v) is 8.02. The van der Waals surface area contributed by atoms with Crippen molar-refractivity contribution < 1.29 is 32.6 Å². The molecule has 30 heavy (non-hydrogen) atoms. The number of carboxylic acids is 1. The van der Waals surface area contributed by atoms with Gasteiger partial charge < -0.3 is 20.1 Å². The van der Waals surface area contributed by atoms with Gasteiger partial charge >= 0.3 is 12.1 Å². The molecule has 4 rings (SSSR count). The van der Waals surface area contributed by atoms with Crippen LogP contribution in [0.3, 0.4) is 0 Å². The highest BCUT2D eigenvalue weighted by Gasteiger charge is 2.44. The van der Waals surface area contributed by atoms with Gasteiger partial charge in [-0.3, -0.25) is 4.79 Å². The van der Waals surface area contributed by atoms with E-state index in [9.17, 15) is 18.0 Å². The normalized spacial score (nSPS) is 22.8. The van der Waals surface area contributed by atoms with Gasteiger partial charge in [0, 0.05) is 19.5 Å². The standard InChI is InChI=1S/C19H26N2O2.C2HF3O2/c22-18(21-9-11-23-12-10-21)13-15-14-19(5-7-20-8-6-19)17-4-2-1-3-16(15)17;3-2(4,5)1(6)7/h1-4,15,20H,5-14H2;(H,6,7). The number of carbonyl (C=O) groups excluding carboxylic acids is 1. The molecular weight excluding hydrogens is 401 g/mol. The summed E-state index contributed by atoms with van der Waals surface area (Å²) >= 11 is 0. The van der Waals surface area contributed by atoms with Gasteiger partial charge in [0.25, 0.3) is 0 Å². The average molecular weight is 428 g/mol. The molecule has 1 atom stereocenters. The summed E-state index contributed by atoms with van der Waals surface area (Å²) in [4.78, 5) is 23.6. The van der Waals surface area contributed by atoms with Crippen LogP contribution in [0.5, 0.6) is 0 Å². The number of nitrogens with one attached hydrogen (secondary N) is 1. The number of carbonyl (C=O) groups is 2. The van der Waals surface area contributed by atoms with Crippen molar-refractivity contribution in [2.45, 2.75) is 43.2 Å². The quantitative estimate of drug-likeness (QED) is 0.757. The molecule has 0 radical (unpaired) electrons. The zero-order valence-corrected chi connectivity index (χ0v) is 16.7. The molecule has 2 aliphatic heterocycles. The number of rotatable bonds is 2. The van der Waals surface area contributed by atoms with Crippen molar-refractivity contribution in [1.29, 1.82) is 0 Å². The number of hydrogen-bond acceptors (Lipinski definition) is 4. The van der Waals surface area contributed by atoms with Gasteiger partial charge in [0.15, 0.2) is 0 Å². The molecule has 166 valence electrons. The number of aliphatic carboxylic acids is 1. The van der Waals surface area contributed by atoms with Crippen LogP contribution in [-0.4, -0.2) is 67.5 Å². The van der Waals surface area contributed by atoms with Crippen molar-refractivity contribution in [3.05, 3.63) is 35.4 Å². The van der Waals surface area contributed by atoms with Crippen LogP contribution in [0, 0.1) is 0 Å². The molecule has 2 N–H and O–H groups in total. The van der Waals surface area contributed by atoms with Gasteiger partial charge in [-0.15, -0.1) is 0 Å². The summed E-state index contributed by atoms with van der Waals surface area (Å²) in [6, 6.07) is 8.85. The number of ether oxygens (including phenoxy) is 1. The van der Waals surface area contributed by atoms with Crippen LogP contribution in [0.2, 0.25) is 0 Å². The van der Waals surface area contributed by atoms with Crippen molar-refractivity contribution in [3.63, 3.8) is 0 Å². The first-order chi connectivity index (χ1) is 14.2. The Bertz CT molecular complexity index is 757. The van der Waals surface area contributed by atoms with E-state index < -0.39 is 12.1 Å². The fourth-order valence-electron chi connectivity index (χ4n) is 4.74. The van der Waals surface area contributed by atoms with Gasteiger partial charge in [0.05, 0.1) is 13.2 Å². The molecule has 2 heterocycles. The Morgan fingerprint density at radius 3 is 2.37 bits per heavy atom. The Hall–Kier alpha value is -2.13. The summed E-state index contributed by atoms with van der Waals surface area (Å²) < 4.78 is 37.1. The maximum Gasteiger partial charge on any atom is 0.490 e. The van der Waals surface area contributed by atoms with Gasteiger partial charge in [-0.25, -0.2) is 4.79 Å². The van der Waals surface area contributed by atoms with Crippen LogP contribution in [-0.2, 0) is 19.7 Å². The first-order valence-corrected chi connectivity index (χ1v) is 10.2. The lowest BCUT2D eigenvalue weighted by Crippen LogP contribution is -2.41. The van der Waals surface area contributed by atoms with E-state index in [1.54, 1.807) is 0 Å². The summed E-state index contributed by atoms with van der Waals surface area (Å²) in [6.45, 7) is 5.06. The van der Waals surface area contributed by atoms with Crippen molar-refractivity contribution in [1.82, 2.24) is 10.2 Å². The van der Waals surface area contributed by atoms with Gasteiger partial charge in [-0.05, 0) is 54.8 Å². The highest BCUT2D eigenvalue weighted by atomic mass is 19.4. The Balaban J connectivity index is 0.000000318. The number of fused-ring (bicyclic) bond motifs is 2. The Kier molecular flexibility index (Phi) is 7.02. The molecule has 0 bridgehead atoms. The van der Waals surface area contributed by atoms with Crippen LogP contribution < -0.4 is 5.32 Å². The second-order valence-electron chi connectivity index (χ2n) is 8.02. The molecule has 1 aliphatic carbocycles. The van der Waals surface area contributed by atoms with Gasteiger partial charge in [-0.1, -0.05) is 24.3 Å². The minimum Gasteiger partial charge on any atom is -0.475 e. The molecule has 1 unspecified atom stereocenters. The monoisotopic (exact) mass is 428 g/mol. The predicted molar refractivity (Wildman–Crippen MR) is 103 cm³/mol. The Labute approximate surface area is 173 Å². The SMILES string of the molecule is O=C(CC1CC2(CCNCC2)c2ccccc21)N1CCOCC1.O=C(O)C(F)(F)F. The molecule has 0 aromatic heterocycles. The molecular formula is C21H27F3N2O4. The zero-order valence-electron chi connectivity index (χ0n) is 16.7. The molecule has 3 aliphatic rings. The number of carboxylic acid groups (broad SMARTS) is 1. The van der Waals surface area contributed by atoms with Crippen LogP contribution >= 0.6 is 0 Å². The van der Waals surface area contributed by atoms with Crippen LogP contribution in [0.1, 0.15) is 42.7 Å². The maximum absolute atomic E-state index is 12.7. The summed E-state index contributed by atoms with van der Waals surface area (Å²) in [6.07, 6.45) is -0.880. The van der Waals surface area contributed by atoms with E-state index in [4.69, 9.17) is 14.6 Å². The summed E-state index contributed by atoms with van der Waals surface area (Å²) in [5, 5.41) is 10.6. The molecule has 1 aromatic rings. The van der Waals surface area contributed by atoms with Crippen molar-refractivity contribution in [3.8, 4) is 0 Å². The smallest absolute Gasteiger partial charge is 0.475 e. The van der Waals surface area contributed by atoms with Crippen LogP contribution in [0.15, 0.2) is 24.3 Å². The first-order valence-electron chi connectivity index (χ1n) is 10.2. The summed E-state index contributed by atoms with van der Waals surface area (Å²) in [5.41, 5.74) is 3.25. The van der Waals surface area contributed by atoms with Crippen molar-refractivity contribution in [2.24, 2.45) is 0 Å². The molecule has 2 fully saturated rings. The first kappa shape index (κ1) is 22.6. The van der Waals surface area contributed by atoms with Crippen LogP contribution in [0.25, 0.3) is 0 Å². The third-order valence-electron chi connectivity index (χ3n) is 6.20. The molecule has 9 heteroatoms. The molecule has 1 aromatic carbocycles. The zero-order chi connectivity index (χ0) is 21.8. The lowest BCUT2D eigenvalue weighted by molar-refractivity contribution is -0.192. The number of halogens is 3. The van der Waals surface area contributed by atoms with Gasteiger partial charge in [0.2, 0.25) is 5.91 Å².